The van der Waals surface area contributed by atoms with Gasteiger partial charge < -0.3 is 10.6 Å². The zero-order chi connectivity index (χ0) is 18.4. The van der Waals surface area contributed by atoms with E-state index >= 15 is 0 Å². The fourth-order valence-corrected chi connectivity index (χ4v) is 4.91. The molecular formula is C18H22N6O2S. The average Bonchev–Trinajstić information content (AvgIpc) is 3.59. The van der Waals surface area contributed by atoms with E-state index in [9.17, 15) is 9.59 Å². The minimum atomic E-state index is -0.0668. The number of rotatable bonds is 6. The Morgan fingerprint density at radius 2 is 2.07 bits per heavy atom. The van der Waals surface area contributed by atoms with Gasteiger partial charge in [-0.3, -0.25) is 9.59 Å². The summed E-state index contributed by atoms with van der Waals surface area (Å²) in [5.74, 6) is 0.701. The summed E-state index contributed by atoms with van der Waals surface area (Å²) in [4.78, 5) is 26.5. The van der Waals surface area contributed by atoms with Crippen LogP contribution in [0.1, 0.15) is 58.9 Å². The highest BCUT2D eigenvalue weighted by Gasteiger charge is 2.34. The third-order valence-electron chi connectivity index (χ3n) is 5.63. The molecule has 0 bridgehead atoms. The van der Waals surface area contributed by atoms with Gasteiger partial charge in [-0.05, 0) is 66.9 Å². The van der Waals surface area contributed by atoms with Gasteiger partial charge in [0.25, 0.3) is 5.91 Å². The Morgan fingerprint density at radius 1 is 1.22 bits per heavy atom. The lowest BCUT2D eigenvalue weighted by molar-refractivity contribution is -0.117. The second kappa shape index (κ2) is 6.70. The van der Waals surface area contributed by atoms with Gasteiger partial charge >= 0.3 is 0 Å². The van der Waals surface area contributed by atoms with E-state index in [1.54, 1.807) is 22.3 Å². The third kappa shape index (κ3) is 3.47. The molecule has 9 heteroatoms. The van der Waals surface area contributed by atoms with Crippen molar-refractivity contribution in [3.05, 3.63) is 22.3 Å². The van der Waals surface area contributed by atoms with E-state index in [2.05, 4.69) is 26.2 Å². The lowest BCUT2D eigenvalue weighted by atomic mass is 9.91. The summed E-state index contributed by atoms with van der Waals surface area (Å²) in [7, 11) is 0. The summed E-state index contributed by atoms with van der Waals surface area (Å²) in [6, 6.07) is 0.143. The second-order valence-electron chi connectivity index (χ2n) is 7.81. The third-order valence-corrected chi connectivity index (χ3v) is 6.84. The maximum atomic E-state index is 13.0. The Balaban J connectivity index is 1.44. The average molecular weight is 386 g/mol. The van der Waals surface area contributed by atoms with Crippen molar-refractivity contribution >= 4 is 28.2 Å². The van der Waals surface area contributed by atoms with Crippen LogP contribution in [0.3, 0.4) is 0 Å². The van der Waals surface area contributed by atoms with Crippen molar-refractivity contribution in [3.63, 3.8) is 0 Å². The zero-order valence-corrected chi connectivity index (χ0v) is 15.8. The van der Waals surface area contributed by atoms with Crippen LogP contribution in [0.25, 0.3) is 0 Å². The summed E-state index contributed by atoms with van der Waals surface area (Å²) < 4.78 is 1.77. The van der Waals surface area contributed by atoms with Gasteiger partial charge in [0, 0.05) is 17.3 Å². The summed E-state index contributed by atoms with van der Waals surface area (Å²) in [6.07, 6.45) is 8.41. The van der Waals surface area contributed by atoms with Gasteiger partial charge in [-0.15, -0.1) is 16.4 Å². The molecule has 27 heavy (non-hydrogen) atoms. The summed E-state index contributed by atoms with van der Waals surface area (Å²) in [5.41, 5.74) is 1.70. The quantitative estimate of drug-likeness (QED) is 0.790. The predicted octanol–water partition coefficient (Wildman–Crippen LogP) is 1.95. The first-order valence-electron chi connectivity index (χ1n) is 9.65. The zero-order valence-electron chi connectivity index (χ0n) is 15.0. The number of amides is 2. The number of fused-ring (bicyclic) bond motifs is 1. The smallest absolute Gasteiger partial charge is 0.254 e. The molecule has 1 atom stereocenters. The van der Waals surface area contributed by atoms with Crippen LogP contribution in [-0.2, 0) is 17.6 Å². The number of nitrogens with zero attached hydrogens (tertiary/aromatic N) is 4. The Labute approximate surface area is 160 Å². The van der Waals surface area contributed by atoms with Gasteiger partial charge in [0.15, 0.2) is 0 Å². The number of anilines is 1. The van der Waals surface area contributed by atoms with E-state index < -0.39 is 0 Å². The molecule has 2 aromatic heterocycles. The van der Waals surface area contributed by atoms with Gasteiger partial charge in [-0.25, -0.2) is 4.68 Å². The number of nitrogens with one attached hydrogen (secondary N) is 2. The fourth-order valence-electron chi connectivity index (χ4n) is 3.66. The molecular weight excluding hydrogens is 364 g/mol. The van der Waals surface area contributed by atoms with E-state index in [0.717, 1.165) is 37.8 Å². The molecule has 3 aliphatic rings. The van der Waals surface area contributed by atoms with Crippen LogP contribution in [0.15, 0.2) is 6.33 Å². The lowest BCUT2D eigenvalue weighted by Crippen LogP contribution is -2.28. The van der Waals surface area contributed by atoms with Crippen LogP contribution in [0, 0.1) is 11.8 Å². The number of aromatic nitrogens is 4. The molecule has 5 rings (SSSR count). The Hall–Kier alpha value is -2.29. The number of carbonyl (C=O) groups is 2. The molecule has 0 aromatic carbocycles. The van der Waals surface area contributed by atoms with Crippen molar-refractivity contribution in [3.8, 4) is 0 Å². The number of hydrogen-bond acceptors (Lipinski definition) is 6. The first kappa shape index (κ1) is 16.9. The molecule has 0 radical (unpaired) electrons. The van der Waals surface area contributed by atoms with Gasteiger partial charge in [-0.1, -0.05) is 0 Å². The van der Waals surface area contributed by atoms with E-state index in [0.29, 0.717) is 22.9 Å². The summed E-state index contributed by atoms with van der Waals surface area (Å²) >= 11 is 1.56. The topological polar surface area (TPSA) is 102 Å². The van der Waals surface area contributed by atoms with Crippen LogP contribution in [0.5, 0.6) is 0 Å². The molecule has 0 spiro atoms. The van der Waals surface area contributed by atoms with Crippen LogP contribution < -0.4 is 10.6 Å². The summed E-state index contributed by atoms with van der Waals surface area (Å²) in [5, 5.41) is 18.3. The SMILES string of the molecule is O=C(NCC1CC1)c1c(NC(=O)C2CC2)sc2c1CC(n1cnnn1)CC2. The van der Waals surface area contributed by atoms with Crippen LogP contribution >= 0.6 is 11.3 Å². The lowest BCUT2D eigenvalue weighted by Gasteiger charge is -2.22. The Kier molecular flexibility index (Phi) is 4.18. The molecule has 2 amide bonds. The molecule has 8 nitrogen and oxygen atoms in total. The Bertz CT molecular complexity index is 869. The number of tetrazole rings is 1. The summed E-state index contributed by atoms with van der Waals surface area (Å²) in [6.45, 7) is 0.718. The van der Waals surface area contributed by atoms with Crippen molar-refractivity contribution in [2.24, 2.45) is 11.8 Å². The highest BCUT2D eigenvalue weighted by Crippen LogP contribution is 2.42. The van der Waals surface area contributed by atoms with Crippen LogP contribution in [-0.4, -0.2) is 38.6 Å². The van der Waals surface area contributed by atoms with E-state index in [4.69, 9.17) is 0 Å². The van der Waals surface area contributed by atoms with Crippen LogP contribution in [0.4, 0.5) is 5.00 Å². The van der Waals surface area contributed by atoms with Crippen molar-refractivity contribution in [1.82, 2.24) is 25.5 Å². The molecule has 2 aromatic rings. The second-order valence-corrected chi connectivity index (χ2v) is 8.92. The van der Waals surface area contributed by atoms with Crippen LogP contribution in [0.2, 0.25) is 0 Å². The minimum absolute atomic E-state index is 0.0434. The molecule has 142 valence electrons. The van der Waals surface area contributed by atoms with Gasteiger partial charge in [0.2, 0.25) is 5.91 Å². The molecule has 2 fully saturated rings. The molecule has 2 saturated carbocycles. The largest absolute Gasteiger partial charge is 0.352 e. The standard InChI is InChI=1S/C18H22N6O2S/c25-16(11-3-4-11)21-18-15(17(26)19-8-10-1-2-10)13-7-12(5-6-14(13)27-18)24-9-20-22-23-24/h9-12H,1-8H2,(H,19,26)(H,21,25). The highest BCUT2D eigenvalue weighted by molar-refractivity contribution is 7.17. The molecule has 1 unspecified atom stereocenters. The molecule has 3 aliphatic carbocycles. The maximum absolute atomic E-state index is 13.0. The van der Waals surface area contributed by atoms with Gasteiger partial charge in [0.1, 0.15) is 11.3 Å². The van der Waals surface area contributed by atoms with E-state index in [1.165, 1.54) is 17.7 Å². The van der Waals surface area contributed by atoms with Crippen molar-refractivity contribution in [1.29, 1.82) is 0 Å². The minimum Gasteiger partial charge on any atom is -0.352 e. The maximum Gasteiger partial charge on any atom is 0.254 e. The highest BCUT2D eigenvalue weighted by atomic mass is 32.1. The van der Waals surface area contributed by atoms with E-state index in [1.807, 2.05) is 0 Å². The molecule has 0 aliphatic heterocycles. The first-order valence-corrected chi connectivity index (χ1v) is 10.5. The monoisotopic (exact) mass is 386 g/mol. The van der Waals surface area contributed by atoms with Crippen molar-refractivity contribution < 1.29 is 9.59 Å². The normalized spacial score (nSPS) is 21.6. The van der Waals surface area contributed by atoms with Gasteiger partial charge in [-0.2, -0.15) is 0 Å². The molecule has 2 heterocycles. The molecule has 0 saturated heterocycles. The number of hydrogen-bond donors (Lipinski definition) is 2. The number of carbonyl (C=O) groups excluding carboxylic acids is 2. The fraction of sp³-hybridized carbons (Fsp3) is 0.611. The van der Waals surface area contributed by atoms with Crippen molar-refractivity contribution in [2.45, 2.75) is 51.0 Å². The molecule has 2 N–H and O–H groups in total. The van der Waals surface area contributed by atoms with Crippen molar-refractivity contribution in [2.75, 3.05) is 11.9 Å². The number of thiophene rings is 1. The van der Waals surface area contributed by atoms with Gasteiger partial charge in [0.05, 0.1) is 11.6 Å². The first-order chi connectivity index (χ1) is 13.2. The van der Waals surface area contributed by atoms with E-state index in [-0.39, 0.29) is 23.8 Å². The number of aryl methyl sites for hydroxylation is 1. The Morgan fingerprint density at radius 3 is 2.78 bits per heavy atom. The predicted molar refractivity (Wildman–Crippen MR) is 99.6 cm³/mol.